The highest BCUT2D eigenvalue weighted by Gasteiger charge is 2.17. The second-order valence-corrected chi connectivity index (χ2v) is 5.07. The van der Waals surface area contributed by atoms with E-state index in [-0.39, 0.29) is 5.91 Å². The van der Waals surface area contributed by atoms with Crippen LogP contribution < -0.4 is 10.2 Å². The monoisotopic (exact) mass is 277 g/mol. The highest BCUT2D eigenvalue weighted by molar-refractivity contribution is 6.06. The van der Waals surface area contributed by atoms with Crippen molar-refractivity contribution >= 4 is 17.3 Å². The molecule has 0 saturated carbocycles. The van der Waals surface area contributed by atoms with E-state index in [0.717, 1.165) is 24.3 Å². The Hall–Kier alpha value is -2.80. The first-order valence-corrected chi connectivity index (χ1v) is 6.84. The lowest BCUT2D eigenvalue weighted by Gasteiger charge is -2.18. The second-order valence-electron chi connectivity index (χ2n) is 5.07. The van der Waals surface area contributed by atoms with Gasteiger partial charge in [0.2, 0.25) is 0 Å². The van der Waals surface area contributed by atoms with E-state index in [1.807, 2.05) is 18.2 Å². The topological polar surface area (TPSA) is 56.1 Å². The number of benzene rings is 2. The number of anilines is 2. The first-order chi connectivity index (χ1) is 10.2. The summed E-state index contributed by atoms with van der Waals surface area (Å²) < 4.78 is 0. The van der Waals surface area contributed by atoms with Gasteiger partial charge in [-0.25, -0.2) is 0 Å². The van der Waals surface area contributed by atoms with Gasteiger partial charge in [0.25, 0.3) is 5.91 Å². The van der Waals surface area contributed by atoms with Crippen molar-refractivity contribution in [3.8, 4) is 6.07 Å². The number of nitriles is 1. The van der Waals surface area contributed by atoms with Crippen molar-refractivity contribution in [2.45, 2.75) is 6.42 Å². The van der Waals surface area contributed by atoms with E-state index >= 15 is 0 Å². The van der Waals surface area contributed by atoms with Gasteiger partial charge in [0, 0.05) is 30.5 Å². The molecule has 0 radical (unpaired) electrons. The minimum absolute atomic E-state index is 0.0468. The van der Waals surface area contributed by atoms with Gasteiger partial charge in [0.1, 0.15) is 0 Å². The predicted octanol–water partition coefficient (Wildman–Crippen LogP) is 2.80. The van der Waals surface area contributed by atoms with E-state index in [1.54, 1.807) is 36.2 Å². The number of nitrogens with zero attached hydrogens (tertiary/aromatic N) is 2. The van der Waals surface area contributed by atoms with Crippen molar-refractivity contribution in [3.05, 3.63) is 59.2 Å². The molecule has 0 aromatic heterocycles. The van der Waals surface area contributed by atoms with Gasteiger partial charge in [-0.3, -0.25) is 4.79 Å². The molecule has 1 heterocycles. The molecule has 4 heteroatoms. The minimum Gasteiger partial charge on any atom is -0.384 e. The maximum Gasteiger partial charge on any atom is 0.258 e. The smallest absolute Gasteiger partial charge is 0.258 e. The predicted molar refractivity (Wildman–Crippen MR) is 82.5 cm³/mol. The van der Waals surface area contributed by atoms with Crippen molar-refractivity contribution in [2.75, 3.05) is 23.8 Å². The lowest BCUT2D eigenvalue weighted by atomic mass is 10.1. The fourth-order valence-electron chi connectivity index (χ4n) is 2.51. The van der Waals surface area contributed by atoms with Gasteiger partial charge in [-0.1, -0.05) is 0 Å². The fourth-order valence-corrected chi connectivity index (χ4v) is 2.51. The van der Waals surface area contributed by atoms with Gasteiger partial charge in [-0.2, -0.15) is 5.26 Å². The Morgan fingerprint density at radius 1 is 1.24 bits per heavy atom. The summed E-state index contributed by atoms with van der Waals surface area (Å²) in [6.07, 6.45) is 0.955. The van der Waals surface area contributed by atoms with Gasteiger partial charge in [-0.05, 0) is 54.4 Å². The van der Waals surface area contributed by atoms with E-state index < -0.39 is 0 Å². The zero-order valence-corrected chi connectivity index (χ0v) is 11.8. The van der Waals surface area contributed by atoms with E-state index in [9.17, 15) is 4.79 Å². The Balaban J connectivity index is 1.85. The number of hydrogen-bond acceptors (Lipinski definition) is 3. The summed E-state index contributed by atoms with van der Waals surface area (Å²) in [7, 11) is 1.75. The lowest BCUT2D eigenvalue weighted by Crippen LogP contribution is -2.26. The third-order valence-electron chi connectivity index (χ3n) is 3.75. The summed E-state index contributed by atoms with van der Waals surface area (Å²) in [5, 5.41) is 12.1. The highest BCUT2D eigenvalue weighted by Crippen LogP contribution is 2.24. The Morgan fingerprint density at radius 3 is 2.71 bits per heavy atom. The van der Waals surface area contributed by atoms with Crippen LogP contribution in [0.25, 0.3) is 0 Å². The quantitative estimate of drug-likeness (QED) is 0.918. The number of hydrogen-bond donors (Lipinski definition) is 1. The summed E-state index contributed by atoms with van der Waals surface area (Å²) in [6, 6.07) is 14.8. The van der Waals surface area contributed by atoms with Gasteiger partial charge in [-0.15, -0.1) is 0 Å². The van der Waals surface area contributed by atoms with Crippen LogP contribution in [-0.2, 0) is 6.42 Å². The molecule has 0 spiro atoms. The standard InChI is InChI=1S/C17H15N3O/c1-20(15-5-2-12(11-18)3-6-15)17(21)14-4-7-16-13(10-14)8-9-19-16/h2-7,10,19H,8-9H2,1H3. The molecule has 1 amide bonds. The number of carbonyl (C=O) groups excluding carboxylic acids is 1. The SMILES string of the molecule is CN(C(=O)c1ccc2c(c1)CCN2)c1ccc(C#N)cc1. The molecular formula is C17H15N3O. The molecule has 0 saturated heterocycles. The Bertz CT molecular complexity index is 729. The summed E-state index contributed by atoms with van der Waals surface area (Å²) in [5.74, 6) is -0.0468. The highest BCUT2D eigenvalue weighted by atomic mass is 16.2. The van der Waals surface area contributed by atoms with Crippen LogP contribution in [0, 0.1) is 11.3 Å². The molecule has 0 bridgehead atoms. The van der Waals surface area contributed by atoms with E-state index in [1.165, 1.54) is 5.56 Å². The molecule has 1 N–H and O–H groups in total. The summed E-state index contributed by atoms with van der Waals surface area (Å²) >= 11 is 0. The molecule has 1 aliphatic heterocycles. The van der Waals surface area contributed by atoms with Crippen LogP contribution >= 0.6 is 0 Å². The molecule has 1 aliphatic rings. The van der Waals surface area contributed by atoms with Crippen LogP contribution in [0.5, 0.6) is 0 Å². The van der Waals surface area contributed by atoms with Crippen molar-refractivity contribution in [1.82, 2.24) is 0 Å². The molecule has 2 aromatic rings. The van der Waals surface area contributed by atoms with Crippen LogP contribution in [0.3, 0.4) is 0 Å². The third-order valence-corrected chi connectivity index (χ3v) is 3.75. The van der Waals surface area contributed by atoms with Crippen LogP contribution in [0.4, 0.5) is 11.4 Å². The second kappa shape index (κ2) is 5.29. The molecule has 3 rings (SSSR count). The molecular weight excluding hydrogens is 262 g/mol. The third kappa shape index (κ3) is 2.46. The number of fused-ring (bicyclic) bond motifs is 1. The molecule has 21 heavy (non-hydrogen) atoms. The average Bonchev–Trinajstić information content (AvgIpc) is 3.01. The van der Waals surface area contributed by atoms with Crippen LogP contribution in [-0.4, -0.2) is 19.5 Å². The fraction of sp³-hybridized carbons (Fsp3) is 0.176. The van der Waals surface area contributed by atoms with Crippen molar-refractivity contribution in [3.63, 3.8) is 0 Å². The summed E-state index contributed by atoms with van der Waals surface area (Å²) in [6.45, 7) is 0.929. The Labute approximate surface area is 123 Å². The van der Waals surface area contributed by atoms with Crippen LogP contribution in [0.2, 0.25) is 0 Å². The first-order valence-electron chi connectivity index (χ1n) is 6.84. The number of nitrogens with one attached hydrogen (secondary N) is 1. The molecule has 0 atom stereocenters. The van der Waals surface area contributed by atoms with Gasteiger partial charge < -0.3 is 10.2 Å². The molecule has 0 aliphatic carbocycles. The largest absolute Gasteiger partial charge is 0.384 e. The van der Waals surface area contributed by atoms with Crippen molar-refractivity contribution in [1.29, 1.82) is 5.26 Å². The molecule has 0 fully saturated rings. The zero-order chi connectivity index (χ0) is 14.8. The van der Waals surface area contributed by atoms with E-state index in [2.05, 4.69) is 11.4 Å². The Morgan fingerprint density at radius 2 is 2.00 bits per heavy atom. The summed E-state index contributed by atoms with van der Waals surface area (Å²) in [5.41, 5.74) is 4.35. The van der Waals surface area contributed by atoms with E-state index in [4.69, 9.17) is 5.26 Å². The summed E-state index contributed by atoms with van der Waals surface area (Å²) in [4.78, 5) is 14.1. The van der Waals surface area contributed by atoms with E-state index in [0.29, 0.717) is 11.1 Å². The van der Waals surface area contributed by atoms with Crippen molar-refractivity contribution < 1.29 is 4.79 Å². The minimum atomic E-state index is -0.0468. The van der Waals surface area contributed by atoms with Crippen molar-refractivity contribution in [2.24, 2.45) is 0 Å². The number of carbonyl (C=O) groups is 1. The number of amides is 1. The number of rotatable bonds is 2. The molecule has 2 aromatic carbocycles. The molecule has 4 nitrogen and oxygen atoms in total. The molecule has 104 valence electrons. The average molecular weight is 277 g/mol. The van der Waals surface area contributed by atoms with Gasteiger partial charge >= 0.3 is 0 Å². The maximum atomic E-state index is 12.5. The van der Waals surface area contributed by atoms with Crippen LogP contribution in [0.1, 0.15) is 21.5 Å². The first kappa shape index (κ1) is 13.2. The lowest BCUT2D eigenvalue weighted by molar-refractivity contribution is 0.0993. The maximum absolute atomic E-state index is 12.5. The molecule has 0 unspecified atom stereocenters. The zero-order valence-electron chi connectivity index (χ0n) is 11.8. The van der Waals surface area contributed by atoms with Crippen LogP contribution in [0.15, 0.2) is 42.5 Å². The Kier molecular flexibility index (Phi) is 3.33. The van der Waals surface area contributed by atoms with Gasteiger partial charge in [0.15, 0.2) is 0 Å². The van der Waals surface area contributed by atoms with Gasteiger partial charge in [0.05, 0.1) is 11.6 Å². The normalized spacial score (nSPS) is 12.2.